The fourth-order valence-corrected chi connectivity index (χ4v) is 5.91. The molecule has 8 nitrogen and oxygen atoms in total. The van der Waals surface area contributed by atoms with E-state index in [0.717, 1.165) is 24.0 Å². The van der Waals surface area contributed by atoms with Crippen LogP contribution in [0.5, 0.6) is 5.75 Å². The van der Waals surface area contributed by atoms with Gasteiger partial charge in [-0.2, -0.15) is 8.42 Å². The van der Waals surface area contributed by atoms with E-state index in [2.05, 4.69) is 27.3 Å². The lowest BCUT2D eigenvalue weighted by Gasteiger charge is -2.37. The van der Waals surface area contributed by atoms with E-state index in [1.807, 2.05) is 23.1 Å². The van der Waals surface area contributed by atoms with Crippen LogP contribution in [0.2, 0.25) is 0 Å². The van der Waals surface area contributed by atoms with Crippen LogP contribution in [0.25, 0.3) is 10.8 Å². The van der Waals surface area contributed by atoms with Crippen LogP contribution in [0.4, 0.5) is 5.69 Å². The first kappa shape index (κ1) is 25.7. The number of hydrogen-bond donors (Lipinski definition) is 1. The molecule has 1 fully saturated rings. The highest BCUT2D eigenvalue weighted by Crippen LogP contribution is 2.26. The molecule has 0 bridgehead atoms. The summed E-state index contributed by atoms with van der Waals surface area (Å²) < 4.78 is 31.4. The number of amides is 1. The fourth-order valence-electron chi connectivity index (χ4n) is 4.76. The van der Waals surface area contributed by atoms with Crippen LogP contribution in [-0.2, 0) is 21.3 Å². The Morgan fingerprint density at radius 1 is 0.947 bits per heavy atom. The Labute approximate surface area is 223 Å². The average Bonchev–Trinajstić information content (AvgIpc) is 2.96. The Morgan fingerprint density at radius 2 is 1.68 bits per heavy atom. The van der Waals surface area contributed by atoms with Gasteiger partial charge in [-0.3, -0.25) is 9.78 Å². The molecule has 5 rings (SSSR count). The van der Waals surface area contributed by atoms with Crippen LogP contribution >= 0.6 is 0 Å². The molecule has 1 saturated heterocycles. The smallest absolute Gasteiger partial charge is 0.339 e. The first-order valence-electron chi connectivity index (χ1n) is 12.6. The van der Waals surface area contributed by atoms with Gasteiger partial charge in [-0.1, -0.05) is 42.5 Å². The summed E-state index contributed by atoms with van der Waals surface area (Å²) in [6, 6.07) is 23.3. The topological polar surface area (TPSA) is 91.8 Å². The number of fused-ring (bicyclic) bond motifs is 1. The Balaban J connectivity index is 1.21. The van der Waals surface area contributed by atoms with Gasteiger partial charge in [0.15, 0.2) is 0 Å². The van der Waals surface area contributed by atoms with Crippen molar-refractivity contribution in [2.75, 3.05) is 38.1 Å². The predicted octanol–water partition coefficient (Wildman–Crippen LogP) is 3.48. The number of likely N-dealkylation sites (N-methyl/N-ethyl adjacent to an activating group) is 1. The van der Waals surface area contributed by atoms with Crippen molar-refractivity contribution in [3.8, 4) is 5.75 Å². The van der Waals surface area contributed by atoms with Crippen LogP contribution in [0.15, 0.2) is 96.2 Å². The number of rotatable bonds is 8. The number of carbonyl (C=O) groups excluding carboxylic acids is 1. The molecule has 0 spiro atoms. The number of pyridine rings is 1. The van der Waals surface area contributed by atoms with Gasteiger partial charge in [0.2, 0.25) is 5.91 Å². The quantitative estimate of drug-likeness (QED) is 0.349. The first-order chi connectivity index (χ1) is 18.4. The first-order valence-corrected chi connectivity index (χ1v) is 14.0. The van der Waals surface area contributed by atoms with E-state index in [0.29, 0.717) is 24.9 Å². The van der Waals surface area contributed by atoms with Crippen molar-refractivity contribution in [3.05, 3.63) is 96.8 Å². The van der Waals surface area contributed by atoms with Gasteiger partial charge in [-0.05, 0) is 55.4 Å². The lowest BCUT2D eigenvalue weighted by atomic mass is 10.0. The average molecular weight is 531 g/mol. The highest BCUT2D eigenvalue weighted by Gasteiger charge is 2.27. The summed E-state index contributed by atoms with van der Waals surface area (Å²) >= 11 is 0. The molecular formula is C29H30N4O4S. The maximum Gasteiger partial charge on any atom is 0.339 e. The van der Waals surface area contributed by atoms with E-state index < -0.39 is 10.1 Å². The zero-order valence-corrected chi connectivity index (χ0v) is 22.0. The van der Waals surface area contributed by atoms with E-state index >= 15 is 0 Å². The molecule has 1 aromatic heterocycles. The second kappa shape index (κ2) is 11.2. The number of nitrogens with one attached hydrogen (secondary N) is 1. The highest BCUT2D eigenvalue weighted by atomic mass is 32.2. The zero-order chi connectivity index (χ0) is 26.5. The molecule has 0 aliphatic carbocycles. The van der Waals surface area contributed by atoms with Gasteiger partial charge in [0.05, 0.1) is 6.04 Å². The molecular weight excluding hydrogens is 500 g/mol. The minimum Gasteiger partial charge on any atom is -0.379 e. The maximum atomic E-state index is 13.2. The summed E-state index contributed by atoms with van der Waals surface area (Å²) in [4.78, 5) is 21.6. The molecule has 38 heavy (non-hydrogen) atoms. The Hall–Kier alpha value is -3.95. The molecule has 1 amide bonds. The summed E-state index contributed by atoms with van der Waals surface area (Å²) in [6.45, 7) is 2.92. The summed E-state index contributed by atoms with van der Waals surface area (Å²) in [5.41, 5.74) is 2.08. The lowest BCUT2D eigenvalue weighted by Crippen LogP contribution is -2.54. The van der Waals surface area contributed by atoms with Gasteiger partial charge in [-0.15, -0.1) is 0 Å². The van der Waals surface area contributed by atoms with Crippen LogP contribution in [0.3, 0.4) is 0 Å². The van der Waals surface area contributed by atoms with Crippen molar-refractivity contribution in [1.29, 1.82) is 0 Å². The van der Waals surface area contributed by atoms with Crippen molar-refractivity contribution >= 4 is 32.5 Å². The SMILES string of the molecule is CN[C@@H](Cc1ccc(OS(=O)(=O)c2cccc3cnccc23)cc1)C(=O)N1CCN(c2ccccc2)CC1. The Morgan fingerprint density at radius 3 is 2.39 bits per heavy atom. The van der Waals surface area contributed by atoms with E-state index in [-0.39, 0.29) is 22.6 Å². The van der Waals surface area contributed by atoms with Gasteiger partial charge in [0.25, 0.3) is 0 Å². The second-order valence-corrected chi connectivity index (χ2v) is 10.7. The van der Waals surface area contributed by atoms with E-state index in [1.165, 1.54) is 11.8 Å². The fraction of sp³-hybridized carbons (Fsp3) is 0.241. The molecule has 2 heterocycles. The van der Waals surface area contributed by atoms with Gasteiger partial charge in [0, 0.05) is 55.0 Å². The molecule has 196 valence electrons. The highest BCUT2D eigenvalue weighted by molar-refractivity contribution is 7.87. The van der Waals surface area contributed by atoms with Gasteiger partial charge >= 0.3 is 10.1 Å². The van der Waals surface area contributed by atoms with Crippen molar-refractivity contribution in [3.63, 3.8) is 0 Å². The molecule has 0 saturated carbocycles. The number of nitrogens with zero attached hydrogens (tertiary/aromatic N) is 3. The molecule has 0 radical (unpaired) electrons. The normalized spacial score (nSPS) is 14.9. The second-order valence-electron chi connectivity index (χ2n) is 9.23. The summed E-state index contributed by atoms with van der Waals surface area (Å²) in [6.07, 6.45) is 3.65. The van der Waals surface area contributed by atoms with Crippen LogP contribution in [-0.4, -0.2) is 63.5 Å². The summed E-state index contributed by atoms with van der Waals surface area (Å²) in [5.74, 6) is 0.276. The third kappa shape index (κ3) is 5.64. The van der Waals surface area contributed by atoms with Crippen molar-refractivity contribution in [2.45, 2.75) is 17.4 Å². The third-order valence-corrected chi connectivity index (χ3v) is 8.14. The third-order valence-electron chi connectivity index (χ3n) is 6.84. The standard InChI is InChI=1S/C29H30N4O4S/c1-30-27(29(34)33-18-16-32(17-19-33)24-7-3-2-4-8-24)20-22-10-12-25(13-11-22)37-38(35,36)28-9-5-6-23-21-31-15-14-26(23)28/h2-15,21,27,30H,16-20H2,1H3/t27-/m0/s1. The minimum absolute atomic E-state index is 0.0635. The molecule has 3 aromatic carbocycles. The molecule has 1 N–H and O–H groups in total. The zero-order valence-electron chi connectivity index (χ0n) is 21.2. The minimum atomic E-state index is -4.04. The largest absolute Gasteiger partial charge is 0.379 e. The number of aromatic nitrogens is 1. The number of para-hydroxylation sites is 1. The van der Waals surface area contributed by atoms with Crippen LogP contribution < -0.4 is 14.4 Å². The van der Waals surface area contributed by atoms with E-state index in [4.69, 9.17) is 4.18 Å². The van der Waals surface area contributed by atoms with Crippen molar-refractivity contribution in [1.82, 2.24) is 15.2 Å². The number of benzene rings is 3. The Kier molecular flexibility index (Phi) is 7.57. The molecule has 4 aromatic rings. The van der Waals surface area contributed by atoms with Gasteiger partial charge in [-0.25, -0.2) is 0 Å². The molecule has 9 heteroatoms. The monoisotopic (exact) mass is 530 g/mol. The molecule has 1 aliphatic heterocycles. The predicted molar refractivity (Wildman–Crippen MR) is 148 cm³/mol. The molecule has 0 unspecified atom stereocenters. The number of anilines is 1. The Bertz CT molecular complexity index is 1500. The summed E-state index contributed by atoms with van der Waals surface area (Å²) in [5, 5.41) is 4.42. The summed E-state index contributed by atoms with van der Waals surface area (Å²) in [7, 11) is -2.25. The van der Waals surface area contributed by atoms with Crippen LogP contribution in [0.1, 0.15) is 5.56 Å². The number of piperazine rings is 1. The van der Waals surface area contributed by atoms with Crippen molar-refractivity contribution in [2.24, 2.45) is 0 Å². The van der Waals surface area contributed by atoms with Crippen LogP contribution in [0, 0.1) is 0 Å². The lowest BCUT2D eigenvalue weighted by molar-refractivity contribution is -0.133. The van der Waals surface area contributed by atoms with E-state index in [9.17, 15) is 13.2 Å². The number of carbonyl (C=O) groups is 1. The van der Waals surface area contributed by atoms with Gasteiger partial charge < -0.3 is 19.3 Å². The number of hydrogen-bond acceptors (Lipinski definition) is 7. The van der Waals surface area contributed by atoms with Gasteiger partial charge in [0.1, 0.15) is 10.6 Å². The maximum absolute atomic E-state index is 13.2. The molecule has 1 aliphatic rings. The van der Waals surface area contributed by atoms with E-state index in [1.54, 1.807) is 61.9 Å². The van der Waals surface area contributed by atoms with Crippen molar-refractivity contribution < 1.29 is 17.4 Å². The molecule has 1 atom stereocenters.